The SMILES string of the molecule is O=C(Nc1cccc(CN2CCCCC2)c1)C1COc2ccccc2O1. The summed E-state index contributed by atoms with van der Waals surface area (Å²) in [6, 6.07) is 15.5. The predicted octanol–water partition coefficient (Wildman–Crippen LogP) is 3.45. The van der Waals surface area contributed by atoms with Crippen LogP contribution in [-0.4, -0.2) is 36.6 Å². The molecule has 1 fully saturated rings. The molecule has 1 atom stereocenters. The summed E-state index contributed by atoms with van der Waals surface area (Å²) in [6.45, 7) is 3.46. The third-order valence-electron chi connectivity index (χ3n) is 4.85. The summed E-state index contributed by atoms with van der Waals surface area (Å²) in [6.07, 6.45) is 3.24. The summed E-state index contributed by atoms with van der Waals surface area (Å²) >= 11 is 0. The first-order valence-corrected chi connectivity index (χ1v) is 9.28. The highest BCUT2D eigenvalue weighted by Gasteiger charge is 2.27. The van der Waals surface area contributed by atoms with Crippen LogP contribution in [0, 0.1) is 0 Å². The van der Waals surface area contributed by atoms with Crippen LogP contribution in [0.25, 0.3) is 0 Å². The van der Waals surface area contributed by atoms with Crippen LogP contribution >= 0.6 is 0 Å². The normalized spacial score (nSPS) is 19.8. The molecule has 1 N–H and O–H groups in total. The van der Waals surface area contributed by atoms with E-state index in [-0.39, 0.29) is 12.5 Å². The molecule has 0 spiro atoms. The number of carbonyl (C=O) groups is 1. The molecular weight excluding hydrogens is 328 g/mol. The van der Waals surface area contributed by atoms with E-state index in [4.69, 9.17) is 9.47 Å². The fraction of sp³-hybridized carbons (Fsp3) is 0.381. The van der Waals surface area contributed by atoms with Crippen molar-refractivity contribution in [3.8, 4) is 11.5 Å². The van der Waals surface area contributed by atoms with E-state index in [9.17, 15) is 4.79 Å². The number of carbonyl (C=O) groups excluding carboxylic acids is 1. The van der Waals surface area contributed by atoms with Gasteiger partial charge in [-0.1, -0.05) is 30.7 Å². The van der Waals surface area contributed by atoms with Gasteiger partial charge in [0.05, 0.1) is 0 Å². The van der Waals surface area contributed by atoms with E-state index in [2.05, 4.69) is 16.3 Å². The lowest BCUT2D eigenvalue weighted by Crippen LogP contribution is -2.40. The zero-order valence-electron chi connectivity index (χ0n) is 14.8. The Morgan fingerprint density at radius 3 is 2.69 bits per heavy atom. The summed E-state index contributed by atoms with van der Waals surface area (Å²) in [5.41, 5.74) is 2.02. The highest BCUT2D eigenvalue weighted by Crippen LogP contribution is 2.31. The molecule has 1 saturated heterocycles. The number of anilines is 1. The number of hydrogen-bond donors (Lipinski definition) is 1. The molecule has 26 heavy (non-hydrogen) atoms. The Balaban J connectivity index is 1.38. The van der Waals surface area contributed by atoms with E-state index >= 15 is 0 Å². The minimum absolute atomic E-state index is 0.186. The summed E-state index contributed by atoms with van der Waals surface area (Å²) in [4.78, 5) is 15.0. The van der Waals surface area contributed by atoms with Gasteiger partial charge in [0.25, 0.3) is 5.91 Å². The van der Waals surface area contributed by atoms with Crippen molar-refractivity contribution in [2.24, 2.45) is 0 Å². The molecule has 1 amide bonds. The van der Waals surface area contributed by atoms with E-state index in [0.29, 0.717) is 11.5 Å². The molecule has 0 radical (unpaired) electrons. The van der Waals surface area contributed by atoms with Crippen molar-refractivity contribution in [1.29, 1.82) is 0 Å². The number of nitrogens with zero attached hydrogens (tertiary/aromatic N) is 1. The number of ether oxygens (including phenoxy) is 2. The van der Waals surface area contributed by atoms with Gasteiger partial charge in [0.2, 0.25) is 6.10 Å². The Hall–Kier alpha value is -2.53. The van der Waals surface area contributed by atoms with Crippen LogP contribution in [0.1, 0.15) is 24.8 Å². The van der Waals surface area contributed by atoms with Crippen molar-refractivity contribution in [1.82, 2.24) is 4.90 Å². The van der Waals surface area contributed by atoms with Gasteiger partial charge in [-0.25, -0.2) is 0 Å². The smallest absolute Gasteiger partial charge is 0.269 e. The lowest BCUT2D eigenvalue weighted by atomic mass is 10.1. The highest BCUT2D eigenvalue weighted by molar-refractivity contribution is 5.94. The first kappa shape index (κ1) is 16.9. The summed E-state index contributed by atoms with van der Waals surface area (Å²) in [5.74, 6) is 1.10. The predicted molar refractivity (Wildman–Crippen MR) is 101 cm³/mol. The van der Waals surface area contributed by atoms with Gasteiger partial charge in [-0.05, 0) is 55.8 Å². The molecular formula is C21H24N2O3. The van der Waals surface area contributed by atoms with Crippen LogP contribution in [0.2, 0.25) is 0 Å². The maximum atomic E-state index is 12.6. The van der Waals surface area contributed by atoms with Crippen LogP contribution in [0.3, 0.4) is 0 Å². The fourth-order valence-electron chi connectivity index (χ4n) is 3.49. The van der Waals surface area contributed by atoms with E-state index < -0.39 is 6.10 Å². The second kappa shape index (κ2) is 7.79. The van der Waals surface area contributed by atoms with Crippen molar-refractivity contribution in [2.75, 3.05) is 25.0 Å². The second-order valence-electron chi connectivity index (χ2n) is 6.89. The molecule has 0 aliphatic carbocycles. The monoisotopic (exact) mass is 352 g/mol. The van der Waals surface area contributed by atoms with Gasteiger partial charge in [-0.2, -0.15) is 0 Å². The number of rotatable bonds is 4. The Kier molecular flexibility index (Phi) is 5.07. The Bertz CT molecular complexity index is 771. The standard InChI is InChI=1S/C21H24N2O3/c24-21(20-15-25-18-9-2-3-10-19(18)26-20)22-17-8-6-7-16(13-17)14-23-11-4-1-5-12-23/h2-3,6-10,13,20H,1,4-5,11-12,14-15H2,(H,22,24). The third-order valence-corrected chi connectivity index (χ3v) is 4.85. The fourth-order valence-corrected chi connectivity index (χ4v) is 3.49. The molecule has 2 aliphatic heterocycles. The molecule has 1 unspecified atom stereocenters. The van der Waals surface area contributed by atoms with Gasteiger partial charge in [0.15, 0.2) is 11.5 Å². The van der Waals surface area contributed by atoms with Gasteiger partial charge in [-0.3, -0.25) is 9.69 Å². The average molecular weight is 352 g/mol. The quantitative estimate of drug-likeness (QED) is 0.916. The van der Waals surface area contributed by atoms with Gasteiger partial charge in [0.1, 0.15) is 6.61 Å². The van der Waals surface area contributed by atoms with Crippen molar-refractivity contribution in [2.45, 2.75) is 31.9 Å². The Labute approximate surface area is 153 Å². The van der Waals surface area contributed by atoms with Gasteiger partial charge in [0, 0.05) is 12.2 Å². The van der Waals surface area contributed by atoms with Gasteiger partial charge >= 0.3 is 0 Å². The molecule has 0 bridgehead atoms. The minimum Gasteiger partial charge on any atom is -0.485 e. The van der Waals surface area contributed by atoms with E-state index in [1.807, 2.05) is 42.5 Å². The zero-order valence-corrected chi connectivity index (χ0v) is 14.8. The lowest BCUT2D eigenvalue weighted by molar-refractivity contribution is -0.125. The number of piperidine rings is 1. The van der Waals surface area contributed by atoms with Crippen LogP contribution in [-0.2, 0) is 11.3 Å². The summed E-state index contributed by atoms with van der Waals surface area (Å²) < 4.78 is 11.4. The molecule has 5 heteroatoms. The summed E-state index contributed by atoms with van der Waals surface area (Å²) in [7, 11) is 0. The molecule has 5 nitrogen and oxygen atoms in total. The van der Waals surface area contributed by atoms with Crippen molar-refractivity contribution >= 4 is 11.6 Å². The number of para-hydroxylation sites is 2. The van der Waals surface area contributed by atoms with E-state index in [1.165, 1.54) is 24.8 Å². The topological polar surface area (TPSA) is 50.8 Å². The molecule has 2 aromatic rings. The van der Waals surface area contributed by atoms with Crippen molar-refractivity contribution < 1.29 is 14.3 Å². The second-order valence-corrected chi connectivity index (χ2v) is 6.89. The number of nitrogens with one attached hydrogen (secondary N) is 1. The molecule has 2 heterocycles. The number of amides is 1. The largest absolute Gasteiger partial charge is 0.485 e. The molecule has 0 saturated carbocycles. The first-order valence-electron chi connectivity index (χ1n) is 9.28. The minimum atomic E-state index is -0.643. The van der Waals surface area contributed by atoms with Gasteiger partial charge in [-0.15, -0.1) is 0 Å². The van der Waals surface area contributed by atoms with Gasteiger partial charge < -0.3 is 14.8 Å². The lowest BCUT2D eigenvalue weighted by Gasteiger charge is -2.27. The number of fused-ring (bicyclic) bond motifs is 1. The number of hydrogen-bond acceptors (Lipinski definition) is 4. The maximum Gasteiger partial charge on any atom is 0.269 e. The zero-order chi connectivity index (χ0) is 17.8. The van der Waals surface area contributed by atoms with Crippen molar-refractivity contribution in [3.63, 3.8) is 0 Å². The highest BCUT2D eigenvalue weighted by atomic mass is 16.6. The maximum absolute atomic E-state index is 12.6. The first-order chi connectivity index (χ1) is 12.8. The van der Waals surface area contributed by atoms with Crippen LogP contribution in [0.5, 0.6) is 11.5 Å². The van der Waals surface area contributed by atoms with Crippen LogP contribution in [0.15, 0.2) is 48.5 Å². The van der Waals surface area contributed by atoms with Crippen LogP contribution in [0.4, 0.5) is 5.69 Å². The molecule has 2 aliphatic rings. The molecule has 4 rings (SSSR count). The average Bonchev–Trinajstić information content (AvgIpc) is 2.68. The van der Waals surface area contributed by atoms with E-state index in [1.54, 1.807) is 0 Å². The Morgan fingerprint density at radius 1 is 1.04 bits per heavy atom. The molecule has 0 aromatic heterocycles. The molecule has 136 valence electrons. The summed E-state index contributed by atoms with van der Waals surface area (Å²) in [5, 5.41) is 2.96. The molecule has 2 aromatic carbocycles. The van der Waals surface area contributed by atoms with E-state index in [0.717, 1.165) is 25.3 Å². The number of likely N-dealkylation sites (tertiary alicyclic amines) is 1. The van der Waals surface area contributed by atoms with Crippen LogP contribution < -0.4 is 14.8 Å². The Morgan fingerprint density at radius 2 is 1.85 bits per heavy atom. The number of benzene rings is 2. The van der Waals surface area contributed by atoms with Crippen molar-refractivity contribution in [3.05, 3.63) is 54.1 Å². The third kappa shape index (κ3) is 3.99.